The van der Waals surface area contributed by atoms with Gasteiger partial charge in [-0.05, 0) is 24.7 Å². The van der Waals surface area contributed by atoms with E-state index in [1.807, 2.05) is 20.8 Å². The van der Waals surface area contributed by atoms with E-state index in [2.05, 4.69) is 0 Å². The van der Waals surface area contributed by atoms with Crippen LogP contribution in [-0.2, 0) is 0 Å². The first-order valence-corrected chi connectivity index (χ1v) is 4.99. The molecule has 0 aliphatic carbocycles. The smallest absolute Gasteiger partial charge is 0.0802 e. The molecular weight excluding hydrogens is 168 g/mol. The predicted octanol–water partition coefficient (Wildman–Crippen LogP) is 0.773. The van der Waals surface area contributed by atoms with Crippen LogP contribution >= 0.6 is 0 Å². The van der Waals surface area contributed by atoms with Crippen molar-refractivity contribution < 1.29 is 15.3 Å². The highest BCUT2D eigenvalue weighted by atomic mass is 16.3. The third-order valence-electron chi connectivity index (χ3n) is 2.58. The van der Waals surface area contributed by atoms with Crippen molar-refractivity contribution in [3.8, 4) is 0 Å². The van der Waals surface area contributed by atoms with Crippen LogP contribution < -0.4 is 0 Å². The van der Waals surface area contributed by atoms with Gasteiger partial charge >= 0.3 is 0 Å². The van der Waals surface area contributed by atoms with Gasteiger partial charge in [0.05, 0.1) is 12.2 Å². The lowest BCUT2D eigenvalue weighted by molar-refractivity contribution is -0.00754. The average Bonchev–Trinajstić information content (AvgIpc) is 2.11. The maximum Gasteiger partial charge on any atom is 0.0802 e. The summed E-state index contributed by atoms with van der Waals surface area (Å²) in [5.41, 5.74) is 0. The molecule has 0 radical (unpaired) electrons. The minimum absolute atomic E-state index is 0.0746. The van der Waals surface area contributed by atoms with Gasteiger partial charge in [-0.3, -0.25) is 0 Å². The normalized spacial score (nSPS) is 18.7. The van der Waals surface area contributed by atoms with E-state index in [4.69, 9.17) is 5.11 Å². The summed E-state index contributed by atoms with van der Waals surface area (Å²) < 4.78 is 0. The molecular formula is C10H22O3. The van der Waals surface area contributed by atoms with Crippen LogP contribution in [0.1, 0.15) is 33.6 Å². The van der Waals surface area contributed by atoms with Crippen molar-refractivity contribution in [1.82, 2.24) is 0 Å². The fourth-order valence-corrected chi connectivity index (χ4v) is 1.30. The highest BCUT2D eigenvalue weighted by Gasteiger charge is 2.21. The van der Waals surface area contributed by atoms with Crippen LogP contribution in [0, 0.1) is 11.8 Å². The average molecular weight is 190 g/mol. The van der Waals surface area contributed by atoms with Crippen LogP contribution in [0.15, 0.2) is 0 Å². The Kier molecular flexibility index (Phi) is 6.29. The van der Waals surface area contributed by atoms with Crippen molar-refractivity contribution in [2.45, 2.75) is 45.8 Å². The summed E-state index contributed by atoms with van der Waals surface area (Å²) in [6.45, 7) is 5.92. The van der Waals surface area contributed by atoms with Crippen LogP contribution in [0.3, 0.4) is 0 Å². The zero-order valence-electron chi connectivity index (χ0n) is 8.77. The zero-order chi connectivity index (χ0) is 10.4. The number of hydrogen-bond acceptors (Lipinski definition) is 3. The fraction of sp³-hybridized carbons (Fsp3) is 1.00. The monoisotopic (exact) mass is 190 g/mol. The van der Waals surface area contributed by atoms with Crippen LogP contribution in [0.5, 0.6) is 0 Å². The fourth-order valence-electron chi connectivity index (χ4n) is 1.30. The third-order valence-corrected chi connectivity index (χ3v) is 2.58. The van der Waals surface area contributed by atoms with Gasteiger partial charge in [-0.15, -0.1) is 0 Å². The Balaban J connectivity index is 3.93. The van der Waals surface area contributed by atoms with Crippen LogP contribution in [-0.4, -0.2) is 34.1 Å². The first-order chi connectivity index (χ1) is 6.02. The minimum atomic E-state index is -0.704. The van der Waals surface area contributed by atoms with E-state index in [1.165, 1.54) is 0 Å². The van der Waals surface area contributed by atoms with Crippen LogP contribution in [0.4, 0.5) is 0 Å². The summed E-state index contributed by atoms with van der Waals surface area (Å²) in [4.78, 5) is 0. The molecule has 0 fully saturated rings. The summed E-state index contributed by atoms with van der Waals surface area (Å²) in [5, 5.41) is 27.8. The predicted molar refractivity (Wildman–Crippen MR) is 52.3 cm³/mol. The molecule has 0 aromatic rings. The van der Waals surface area contributed by atoms with Crippen molar-refractivity contribution in [3.63, 3.8) is 0 Å². The van der Waals surface area contributed by atoms with Crippen LogP contribution in [0.25, 0.3) is 0 Å². The maximum atomic E-state index is 9.51. The summed E-state index contributed by atoms with van der Waals surface area (Å²) in [7, 11) is 0. The summed E-state index contributed by atoms with van der Waals surface area (Å²) in [6, 6.07) is 0. The first-order valence-electron chi connectivity index (χ1n) is 4.99. The molecule has 0 spiro atoms. The van der Waals surface area contributed by atoms with Gasteiger partial charge in [-0.25, -0.2) is 0 Å². The lowest BCUT2D eigenvalue weighted by Crippen LogP contribution is -2.30. The summed E-state index contributed by atoms with van der Waals surface area (Å²) in [5.74, 6) is 0.417. The van der Waals surface area contributed by atoms with Gasteiger partial charge in [0.25, 0.3) is 0 Å². The Bertz CT molecular complexity index is 125. The van der Waals surface area contributed by atoms with Crippen molar-refractivity contribution in [3.05, 3.63) is 0 Å². The molecule has 3 nitrogen and oxygen atoms in total. The Morgan fingerprint density at radius 3 is 1.92 bits per heavy atom. The molecule has 0 saturated heterocycles. The molecule has 3 heteroatoms. The van der Waals surface area contributed by atoms with E-state index in [-0.39, 0.29) is 12.5 Å². The van der Waals surface area contributed by atoms with E-state index in [0.717, 1.165) is 0 Å². The molecule has 0 aromatic carbocycles. The van der Waals surface area contributed by atoms with Crippen molar-refractivity contribution in [1.29, 1.82) is 0 Å². The number of aliphatic hydroxyl groups is 3. The van der Waals surface area contributed by atoms with Gasteiger partial charge in [0.2, 0.25) is 0 Å². The largest absolute Gasteiger partial charge is 0.396 e. The summed E-state index contributed by atoms with van der Waals surface area (Å²) >= 11 is 0. The molecule has 80 valence electrons. The Hall–Kier alpha value is -0.120. The lowest BCUT2D eigenvalue weighted by Gasteiger charge is -2.24. The lowest BCUT2D eigenvalue weighted by atomic mass is 9.89. The minimum Gasteiger partial charge on any atom is -0.396 e. The van der Waals surface area contributed by atoms with Gasteiger partial charge in [0.1, 0.15) is 0 Å². The molecule has 0 aliphatic rings. The van der Waals surface area contributed by atoms with Crippen LogP contribution in [0.2, 0.25) is 0 Å². The highest BCUT2D eigenvalue weighted by molar-refractivity contribution is 4.72. The van der Waals surface area contributed by atoms with E-state index < -0.39 is 12.2 Å². The van der Waals surface area contributed by atoms with Crippen molar-refractivity contribution in [2.75, 3.05) is 6.61 Å². The van der Waals surface area contributed by atoms with E-state index in [9.17, 15) is 10.2 Å². The molecule has 13 heavy (non-hydrogen) atoms. The quantitative estimate of drug-likeness (QED) is 0.580. The van der Waals surface area contributed by atoms with Crippen molar-refractivity contribution in [2.24, 2.45) is 11.8 Å². The SMILES string of the molecule is CCC(O)C(O)CC(CO)C(C)C. The molecule has 0 aliphatic heterocycles. The Morgan fingerprint density at radius 2 is 1.62 bits per heavy atom. The molecule has 0 rings (SSSR count). The number of rotatable bonds is 6. The Labute approximate surface area is 80.4 Å². The van der Waals surface area contributed by atoms with Gasteiger partial charge in [0, 0.05) is 6.61 Å². The molecule has 0 bridgehead atoms. The maximum absolute atomic E-state index is 9.51. The Morgan fingerprint density at radius 1 is 1.08 bits per heavy atom. The molecule has 0 amide bonds. The van der Waals surface area contributed by atoms with Gasteiger partial charge in [0.15, 0.2) is 0 Å². The second-order valence-electron chi connectivity index (χ2n) is 3.97. The second-order valence-corrected chi connectivity index (χ2v) is 3.97. The van der Waals surface area contributed by atoms with Crippen molar-refractivity contribution >= 4 is 0 Å². The zero-order valence-corrected chi connectivity index (χ0v) is 8.77. The first kappa shape index (κ1) is 12.9. The summed E-state index contributed by atoms with van der Waals surface area (Å²) in [6.07, 6.45) is -0.335. The molecule has 3 atom stereocenters. The van der Waals surface area contributed by atoms with E-state index in [1.54, 1.807) is 0 Å². The number of aliphatic hydroxyl groups excluding tert-OH is 3. The molecule has 0 heterocycles. The van der Waals surface area contributed by atoms with E-state index >= 15 is 0 Å². The van der Waals surface area contributed by atoms with Gasteiger partial charge in [-0.1, -0.05) is 20.8 Å². The molecule has 0 saturated carbocycles. The van der Waals surface area contributed by atoms with Gasteiger partial charge < -0.3 is 15.3 Å². The molecule has 3 unspecified atom stereocenters. The standard InChI is InChI=1S/C10H22O3/c1-4-9(12)10(13)5-8(6-11)7(2)3/h7-13H,4-6H2,1-3H3. The highest BCUT2D eigenvalue weighted by Crippen LogP contribution is 2.18. The molecule has 0 aromatic heterocycles. The van der Waals surface area contributed by atoms with Gasteiger partial charge in [-0.2, -0.15) is 0 Å². The molecule has 3 N–H and O–H groups in total. The van der Waals surface area contributed by atoms with E-state index in [0.29, 0.717) is 18.8 Å². The topological polar surface area (TPSA) is 60.7 Å². The third kappa shape index (κ3) is 4.60. The second kappa shape index (κ2) is 6.35. The number of hydrogen-bond donors (Lipinski definition) is 3.